The lowest BCUT2D eigenvalue weighted by Gasteiger charge is -2.36. The Hall–Kier alpha value is -3.56. The maximum absolute atomic E-state index is 12.8. The SMILES string of the molecule is CNC(=O)[C@H]1O[C@@H](n2cnc3c(NCc4cc(Cl)ccc4OCC(=O)N4CCN(C(C)C)CC4)ncnc32)[C@H](O)[C@@H]1N. The summed E-state index contributed by atoms with van der Waals surface area (Å²) in [5.41, 5.74) is 7.57. The van der Waals surface area contributed by atoms with Gasteiger partial charge in [-0.05, 0) is 32.0 Å². The number of aliphatic hydroxyl groups is 1. The second-order valence-corrected chi connectivity index (χ2v) is 11.0. The van der Waals surface area contributed by atoms with E-state index in [1.54, 1.807) is 18.2 Å². The molecule has 2 aliphatic heterocycles. The molecular weight excluding hydrogens is 566 g/mol. The second kappa shape index (κ2) is 12.8. The van der Waals surface area contributed by atoms with Gasteiger partial charge >= 0.3 is 0 Å². The molecule has 226 valence electrons. The van der Waals surface area contributed by atoms with Crippen molar-refractivity contribution >= 4 is 40.4 Å². The van der Waals surface area contributed by atoms with Crippen LogP contribution in [0.15, 0.2) is 30.9 Å². The molecule has 4 atom stereocenters. The molecule has 0 aliphatic carbocycles. The fraction of sp³-hybridized carbons (Fsp3) is 0.519. The van der Waals surface area contributed by atoms with Crippen molar-refractivity contribution < 1.29 is 24.2 Å². The first-order valence-corrected chi connectivity index (χ1v) is 14.2. The number of ether oxygens (including phenoxy) is 2. The second-order valence-electron chi connectivity index (χ2n) is 10.6. The van der Waals surface area contributed by atoms with Crippen LogP contribution < -0.4 is 21.1 Å². The van der Waals surface area contributed by atoms with Gasteiger partial charge in [0, 0.05) is 56.4 Å². The first-order chi connectivity index (χ1) is 20.2. The van der Waals surface area contributed by atoms with E-state index in [-0.39, 0.29) is 19.1 Å². The van der Waals surface area contributed by atoms with Crippen molar-refractivity contribution in [1.29, 1.82) is 0 Å². The number of aliphatic hydroxyl groups excluding tert-OH is 1. The van der Waals surface area contributed by atoms with Crippen molar-refractivity contribution in [2.24, 2.45) is 5.73 Å². The van der Waals surface area contributed by atoms with E-state index in [4.69, 9.17) is 26.8 Å². The van der Waals surface area contributed by atoms with E-state index >= 15 is 0 Å². The fourth-order valence-corrected chi connectivity index (χ4v) is 5.39. The maximum Gasteiger partial charge on any atom is 0.260 e. The third-order valence-corrected chi connectivity index (χ3v) is 7.91. The number of piperazine rings is 1. The number of halogens is 1. The summed E-state index contributed by atoms with van der Waals surface area (Å²) < 4.78 is 13.3. The average molecular weight is 602 g/mol. The van der Waals surface area contributed by atoms with Crippen LogP contribution in [0.5, 0.6) is 5.75 Å². The molecule has 42 heavy (non-hydrogen) atoms. The van der Waals surface area contributed by atoms with E-state index in [1.165, 1.54) is 24.3 Å². The van der Waals surface area contributed by atoms with E-state index in [1.807, 2.05) is 4.90 Å². The zero-order valence-corrected chi connectivity index (χ0v) is 24.5. The number of hydrogen-bond donors (Lipinski definition) is 4. The first kappa shape index (κ1) is 29.9. The van der Waals surface area contributed by atoms with Gasteiger partial charge in [0.2, 0.25) is 0 Å². The Kier molecular flexibility index (Phi) is 9.08. The van der Waals surface area contributed by atoms with Crippen LogP contribution in [-0.2, 0) is 20.9 Å². The highest BCUT2D eigenvalue weighted by atomic mass is 35.5. The first-order valence-electron chi connectivity index (χ1n) is 13.8. The normalized spacial score (nSPS) is 23.0. The number of rotatable bonds is 9. The third-order valence-electron chi connectivity index (χ3n) is 7.68. The molecule has 0 radical (unpaired) electrons. The van der Waals surface area contributed by atoms with Gasteiger partial charge in [-0.2, -0.15) is 0 Å². The topological polar surface area (TPSA) is 173 Å². The third kappa shape index (κ3) is 6.13. The Balaban J connectivity index is 1.26. The molecule has 0 bridgehead atoms. The number of aromatic nitrogens is 4. The van der Waals surface area contributed by atoms with Crippen molar-refractivity contribution in [3.8, 4) is 5.75 Å². The van der Waals surface area contributed by atoms with Crippen LogP contribution in [0.25, 0.3) is 11.2 Å². The molecule has 3 aromatic rings. The Labute approximate surface area is 248 Å². The minimum absolute atomic E-state index is 0.0648. The number of fused-ring (bicyclic) bond motifs is 1. The van der Waals surface area contributed by atoms with Crippen LogP contribution >= 0.6 is 11.6 Å². The monoisotopic (exact) mass is 601 g/mol. The van der Waals surface area contributed by atoms with E-state index in [9.17, 15) is 14.7 Å². The van der Waals surface area contributed by atoms with Crippen molar-refractivity contribution in [3.05, 3.63) is 41.4 Å². The zero-order valence-electron chi connectivity index (χ0n) is 23.7. The summed E-state index contributed by atoms with van der Waals surface area (Å²) in [7, 11) is 1.47. The van der Waals surface area contributed by atoms with Gasteiger partial charge in [0.25, 0.3) is 11.8 Å². The summed E-state index contributed by atoms with van der Waals surface area (Å²) in [5.74, 6) is 0.447. The van der Waals surface area contributed by atoms with Crippen LogP contribution in [-0.4, -0.2) is 110 Å². The molecule has 5 rings (SSSR count). The molecule has 2 fully saturated rings. The lowest BCUT2D eigenvalue weighted by Crippen LogP contribution is -2.51. The van der Waals surface area contributed by atoms with Crippen molar-refractivity contribution in [2.45, 2.75) is 50.9 Å². The highest BCUT2D eigenvalue weighted by Crippen LogP contribution is 2.32. The number of carbonyl (C=O) groups is 2. The van der Waals surface area contributed by atoms with Crippen molar-refractivity contribution in [1.82, 2.24) is 34.6 Å². The van der Waals surface area contributed by atoms with E-state index < -0.39 is 30.4 Å². The minimum Gasteiger partial charge on any atom is -0.483 e. The van der Waals surface area contributed by atoms with E-state index in [0.717, 1.165) is 18.7 Å². The van der Waals surface area contributed by atoms with Crippen molar-refractivity contribution in [3.63, 3.8) is 0 Å². The number of hydrogen-bond acceptors (Lipinski definition) is 11. The summed E-state index contributed by atoms with van der Waals surface area (Å²) >= 11 is 6.28. The van der Waals surface area contributed by atoms with Gasteiger partial charge in [-0.3, -0.25) is 19.1 Å². The molecular formula is C27H36ClN9O5. The maximum atomic E-state index is 12.8. The molecule has 4 heterocycles. The minimum atomic E-state index is -1.16. The van der Waals surface area contributed by atoms with Crippen molar-refractivity contribution in [2.75, 3.05) is 45.2 Å². The van der Waals surface area contributed by atoms with Crippen LogP contribution in [0.2, 0.25) is 5.02 Å². The quantitative estimate of drug-likeness (QED) is 0.267. The van der Waals surface area contributed by atoms with Gasteiger partial charge in [-0.1, -0.05) is 11.6 Å². The Bertz CT molecular complexity index is 1430. The molecule has 2 aliphatic rings. The number of amides is 2. The Morgan fingerprint density at radius 1 is 1.21 bits per heavy atom. The van der Waals surface area contributed by atoms with Gasteiger partial charge in [-0.15, -0.1) is 0 Å². The molecule has 5 N–H and O–H groups in total. The number of nitrogens with zero attached hydrogens (tertiary/aromatic N) is 6. The molecule has 0 saturated carbocycles. The number of carbonyl (C=O) groups excluding carboxylic acids is 2. The van der Waals surface area contributed by atoms with Gasteiger partial charge in [0.1, 0.15) is 18.2 Å². The number of nitrogens with two attached hydrogens (primary N) is 1. The zero-order chi connectivity index (χ0) is 30.0. The summed E-state index contributed by atoms with van der Waals surface area (Å²) in [4.78, 5) is 42.2. The molecule has 0 spiro atoms. The summed E-state index contributed by atoms with van der Waals surface area (Å²) in [6.07, 6.45) is -0.340. The standard InChI is InChI=1S/C27H36ClN9O5/c1-15(2)35-6-8-36(9-7-35)19(38)12-41-18-5-4-17(28)10-16(18)11-31-24-21-25(33-13-32-24)37(14-34-21)27-22(39)20(29)23(42-27)26(40)30-3/h4-5,10,13-15,20,22-23,27,39H,6-9,11-12,29H2,1-3H3,(H,30,40)(H,31,32,33)/t20-,22+,23-,27+/m0/s1. The van der Waals surface area contributed by atoms with Gasteiger partial charge in [0.15, 0.2) is 35.9 Å². The van der Waals surface area contributed by atoms with Crippen LogP contribution in [0.1, 0.15) is 25.6 Å². The molecule has 2 aromatic heterocycles. The number of nitrogens with one attached hydrogen (secondary N) is 2. The smallest absolute Gasteiger partial charge is 0.260 e. The van der Waals surface area contributed by atoms with E-state index in [0.29, 0.717) is 46.9 Å². The Morgan fingerprint density at radius 2 is 1.98 bits per heavy atom. The van der Waals surface area contributed by atoms with Gasteiger partial charge in [0.05, 0.1) is 12.4 Å². The molecule has 2 saturated heterocycles. The number of likely N-dealkylation sites (N-methyl/N-ethyl adjacent to an activating group) is 1. The number of imidazole rings is 1. The van der Waals surface area contributed by atoms with Gasteiger partial charge < -0.3 is 35.8 Å². The predicted octanol–water partition coefficient (Wildman–Crippen LogP) is 0.355. The predicted molar refractivity (Wildman–Crippen MR) is 155 cm³/mol. The average Bonchev–Trinajstić information content (AvgIpc) is 3.55. The van der Waals surface area contributed by atoms with Crippen LogP contribution in [0, 0.1) is 0 Å². The lowest BCUT2D eigenvalue weighted by molar-refractivity contribution is -0.135. The summed E-state index contributed by atoms with van der Waals surface area (Å²) in [6, 6.07) is 4.73. The fourth-order valence-electron chi connectivity index (χ4n) is 5.19. The van der Waals surface area contributed by atoms with E-state index in [2.05, 4.69) is 44.3 Å². The molecule has 15 heteroatoms. The molecule has 2 amide bonds. The van der Waals surface area contributed by atoms with Crippen LogP contribution in [0.3, 0.4) is 0 Å². The highest BCUT2D eigenvalue weighted by molar-refractivity contribution is 6.30. The summed E-state index contributed by atoms with van der Waals surface area (Å²) in [5, 5.41) is 16.9. The molecule has 0 unspecified atom stereocenters. The Morgan fingerprint density at radius 3 is 2.69 bits per heavy atom. The highest BCUT2D eigenvalue weighted by Gasteiger charge is 2.46. The largest absolute Gasteiger partial charge is 0.483 e. The molecule has 14 nitrogen and oxygen atoms in total. The number of benzene rings is 1. The van der Waals surface area contributed by atoms with Crippen LogP contribution in [0.4, 0.5) is 5.82 Å². The molecule has 1 aromatic carbocycles. The lowest BCUT2D eigenvalue weighted by atomic mass is 10.1. The summed E-state index contributed by atoms with van der Waals surface area (Å²) in [6.45, 7) is 7.53. The van der Waals surface area contributed by atoms with Gasteiger partial charge in [-0.25, -0.2) is 15.0 Å². The number of anilines is 1.